The van der Waals surface area contributed by atoms with Crippen LogP contribution in [0.1, 0.15) is 83.4 Å². The first-order valence-corrected chi connectivity index (χ1v) is 11.5. The van der Waals surface area contributed by atoms with E-state index in [2.05, 4.69) is 0 Å². The molecule has 2 fully saturated rings. The van der Waals surface area contributed by atoms with E-state index < -0.39 is 0 Å². The fourth-order valence-electron chi connectivity index (χ4n) is 4.95. The summed E-state index contributed by atoms with van der Waals surface area (Å²) in [6, 6.07) is 4.83. The lowest BCUT2D eigenvalue weighted by Crippen LogP contribution is -2.40. The Bertz CT molecular complexity index is 904. The number of rotatable bonds is 3. The first-order chi connectivity index (χ1) is 14.9. The van der Waals surface area contributed by atoms with E-state index in [1.54, 1.807) is 23.1 Å². The van der Waals surface area contributed by atoms with Crippen LogP contribution in [0, 0.1) is 5.92 Å². The van der Waals surface area contributed by atoms with E-state index in [0.29, 0.717) is 42.9 Å². The molecule has 1 saturated heterocycles. The zero-order valence-electron chi connectivity index (χ0n) is 18.4. The maximum Gasteiger partial charge on any atom is 0.261 e. The molecule has 4 amide bonds. The Balaban J connectivity index is 1.49. The highest BCUT2D eigenvalue weighted by Crippen LogP contribution is 2.31. The summed E-state index contributed by atoms with van der Waals surface area (Å²) in [6.07, 6.45) is 5.66. The number of fused-ring (bicyclic) bond motifs is 1. The second kappa shape index (κ2) is 8.81. The zero-order chi connectivity index (χ0) is 22.1. The van der Waals surface area contributed by atoms with Gasteiger partial charge in [0.1, 0.15) is 0 Å². The third kappa shape index (κ3) is 4.10. The molecule has 1 aromatic carbocycles. The summed E-state index contributed by atoms with van der Waals surface area (Å²) in [5.74, 6) is -0.610. The van der Waals surface area contributed by atoms with Crippen LogP contribution >= 0.6 is 0 Å². The van der Waals surface area contributed by atoms with E-state index in [9.17, 15) is 19.2 Å². The predicted octanol–water partition coefficient (Wildman–Crippen LogP) is 2.95. The average molecular weight is 426 g/mol. The minimum absolute atomic E-state index is 0.0321. The van der Waals surface area contributed by atoms with Gasteiger partial charge in [-0.15, -0.1) is 0 Å². The van der Waals surface area contributed by atoms with Gasteiger partial charge in [-0.1, -0.05) is 33.1 Å². The van der Waals surface area contributed by atoms with E-state index in [1.807, 2.05) is 18.7 Å². The summed E-state index contributed by atoms with van der Waals surface area (Å²) in [7, 11) is 0. The van der Waals surface area contributed by atoms with Crippen molar-refractivity contribution in [3.8, 4) is 0 Å². The fraction of sp³-hybridized carbons (Fsp3) is 0.583. The molecule has 1 aliphatic carbocycles. The summed E-state index contributed by atoms with van der Waals surface area (Å²) in [5.41, 5.74) is 1.17. The molecule has 0 N–H and O–H groups in total. The van der Waals surface area contributed by atoms with Gasteiger partial charge in [-0.2, -0.15) is 0 Å². The second-order valence-corrected chi connectivity index (χ2v) is 9.16. The van der Waals surface area contributed by atoms with Crippen LogP contribution in [-0.4, -0.2) is 70.5 Å². The van der Waals surface area contributed by atoms with Crippen molar-refractivity contribution >= 4 is 23.6 Å². The molecular formula is C24H31N3O4. The Kier molecular flexibility index (Phi) is 6.12. The van der Waals surface area contributed by atoms with Crippen molar-refractivity contribution in [2.75, 3.05) is 26.2 Å². The standard InChI is InChI=1S/C24H31N3O4/c1-16(2)21(28)25-11-6-12-26(14-13-25)22(29)17-9-10-19-20(15-17)24(31)27(23(19)30)18-7-4-3-5-8-18/h9-10,15-16,18H,3-8,11-14H2,1-2H3. The summed E-state index contributed by atoms with van der Waals surface area (Å²) >= 11 is 0. The molecular weight excluding hydrogens is 394 g/mol. The first-order valence-electron chi connectivity index (χ1n) is 11.5. The van der Waals surface area contributed by atoms with Gasteiger partial charge in [0.15, 0.2) is 0 Å². The topological polar surface area (TPSA) is 78.0 Å². The highest BCUT2D eigenvalue weighted by atomic mass is 16.2. The Labute approximate surface area is 183 Å². The van der Waals surface area contributed by atoms with Crippen molar-refractivity contribution in [3.05, 3.63) is 34.9 Å². The van der Waals surface area contributed by atoms with Gasteiger partial charge in [0.05, 0.1) is 11.1 Å². The molecule has 0 aromatic heterocycles. The summed E-state index contributed by atoms with van der Waals surface area (Å²) < 4.78 is 0. The number of nitrogens with zero attached hydrogens (tertiary/aromatic N) is 3. The number of amides is 4. The predicted molar refractivity (Wildman–Crippen MR) is 116 cm³/mol. The van der Waals surface area contributed by atoms with Crippen LogP contribution < -0.4 is 0 Å². The zero-order valence-corrected chi connectivity index (χ0v) is 18.4. The Morgan fingerprint density at radius 3 is 2.19 bits per heavy atom. The fourth-order valence-corrected chi connectivity index (χ4v) is 4.95. The maximum absolute atomic E-state index is 13.1. The first kappa shape index (κ1) is 21.5. The minimum atomic E-state index is -0.272. The van der Waals surface area contributed by atoms with Crippen LogP contribution in [0.4, 0.5) is 0 Å². The van der Waals surface area contributed by atoms with Gasteiger partial charge < -0.3 is 9.80 Å². The number of hydrogen-bond donors (Lipinski definition) is 0. The SMILES string of the molecule is CC(C)C(=O)N1CCCN(C(=O)c2ccc3c(c2)C(=O)N(C2CCCCC2)C3=O)CC1. The van der Waals surface area contributed by atoms with Crippen LogP contribution in [0.5, 0.6) is 0 Å². The molecule has 7 heteroatoms. The highest BCUT2D eigenvalue weighted by Gasteiger charge is 2.40. The van der Waals surface area contributed by atoms with Crippen molar-refractivity contribution in [3.63, 3.8) is 0 Å². The molecule has 4 rings (SSSR count). The van der Waals surface area contributed by atoms with E-state index in [1.165, 1.54) is 4.90 Å². The van der Waals surface area contributed by atoms with E-state index >= 15 is 0 Å². The van der Waals surface area contributed by atoms with Gasteiger partial charge in [0.2, 0.25) is 5.91 Å². The lowest BCUT2D eigenvalue weighted by Gasteiger charge is -2.29. The molecule has 0 atom stereocenters. The second-order valence-electron chi connectivity index (χ2n) is 9.16. The van der Waals surface area contributed by atoms with Crippen molar-refractivity contribution in [2.24, 2.45) is 5.92 Å². The molecule has 0 bridgehead atoms. The summed E-state index contributed by atoms with van der Waals surface area (Å²) in [4.78, 5) is 56.3. The molecule has 3 aliphatic rings. The van der Waals surface area contributed by atoms with E-state index in [0.717, 1.165) is 38.5 Å². The molecule has 0 radical (unpaired) electrons. The number of hydrogen-bond acceptors (Lipinski definition) is 4. The van der Waals surface area contributed by atoms with Crippen molar-refractivity contribution < 1.29 is 19.2 Å². The average Bonchev–Trinajstić information content (AvgIpc) is 2.93. The van der Waals surface area contributed by atoms with Crippen molar-refractivity contribution in [2.45, 2.75) is 58.4 Å². The largest absolute Gasteiger partial charge is 0.341 e. The van der Waals surface area contributed by atoms with Crippen molar-refractivity contribution in [1.29, 1.82) is 0 Å². The third-order valence-electron chi connectivity index (χ3n) is 6.69. The van der Waals surface area contributed by atoms with Gasteiger partial charge in [-0.05, 0) is 37.5 Å². The third-order valence-corrected chi connectivity index (χ3v) is 6.69. The van der Waals surface area contributed by atoms with Crippen molar-refractivity contribution in [1.82, 2.24) is 14.7 Å². The van der Waals surface area contributed by atoms with Crippen LogP contribution in [0.2, 0.25) is 0 Å². The van der Waals surface area contributed by atoms with Gasteiger partial charge in [0, 0.05) is 43.7 Å². The van der Waals surface area contributed by atoms with Gasteiger partial charge in [0.25, 0.3) is 17.7 Å². The molecule has 0 unspecified atom stereocenters. The molecule has 1 aromatic rings. The quantitative estimate of drug-likeness (QED) is 0.698. The number of carbonyl (C=O) groups excluding carboxylic acids is 4. The van der Waals surface area contributed by atoms with Gasteiger partial charge >= 0.3 is 0 Å². The maximum atomic E-state index is 13.1. The van der Waals surface area contributed by atoms with E-state index in [-0.39, 0.29) is 35.6 Å². The van der Waals surface area contributed by atoms with Crippen LogP contribution in [-0.2, 0) is 4.79 Å². The van der Waals surface area contributed by atoms with Gasteiger partial charge in [-0.3, -0.25) is 24.1 Å². The molecule has 31 heavy (non-hydrogen) atoms. The van der Waals surface area contributed by atoms with Crippen LogP contribution in [0.3, 0.4) is 0 Å². The monoisotopic (exact) mass is 425 g/mol. The lowest BCUT2D eigenvalue weighted by molar-refractivity contribution is -0.134. The molecule has 2 aliphatic heterocycles. The molecule has 0 spiro atoms. The molecule has 1 saturated carbocycles. The normalized spacial score (nSPS) is 20.3. The number of imide groups is 1. The Hall–Kier alpha value is -2.70. The Morgan fingerprint density at radius 1 is 0.839 bits per heavy atom. The molecule has 7 nitrogen and oxygen atoms in total. The highest BCUT2D eigenvalue weighted by molar-refractivity contribution is 6.22. The number of benzene rings is 1. The van der Waals surface area contributed by atoms with E-state index in [4.69, 9.17) is 0 Å². The lowest BCUT2D eigenvalue weighted by atomic mass is 9.94. The van der Waals surface area contributed by atoms with Crippen LogP contribution in [0.25, 0.3) is 0 Å². The Morgan fingerprint density at radius 2 is 1.48 bits per heavy atom. The number of carbonyl (C=O) groups is 4. The minimum Gasteiger partial charge on any atom is -0.341 e. The molecule has 2 heterocycles. The molecule has 166 valence electrons. The summed E-state index contributed by atoms with van der Waals surface area (Å²) in [5, 5.41) is 0. The smallest absolute Gasteiger partial charge is 0.261 e. The summed E-state index contributed by atoms with van der Waals surface area (Å²) in [6.45, 7) is 5.97. The van der Waals surface area contributed by atoms with Crippen LogP contribution in [0.15, 0.2) is 18.2 Å². The van der Waals surface area contributed by atoms with Gasteiger partial charge in [-0.25, -0.2) is 0 Å².